The largest absolute Gasteiger partial charge is 0.348 e. The molecule has 0 aromatic carbocycles. The van der Waals surface area contributed by atoms with Crippen LogP contribution in [0.5, 0.6) is 0 Å². The summed E-state index contributed by atoms with van der Waals surface area (Å²) in [5.41, 5.74) is 1.49. The minimum atomic E-state index is -0.487. The van der Waals surface area contributed by atoms with Gasteiger partial charge in [0.15, 0.2) is 5.78 Å². The molecule has 6 nitrogen and oxygen atoms in total. The number of Topliss-reactive ketones (excluding diaryl/α,β-unsaturated/α-hetero) is 1. The molecule has 2 aromatic heterocycles. The topological polar surface area (TPSA) is 91.9 Å². The van der Waals surface area contributed by atoms with Crippen molar-refractivity contribution in [3.63, 3.8) is 0 Å². The molecule has 1 amide bonds. The zero-order valence-electron chi connectivity index (χ0n) is 11.9. The van der Waals surface area contributed by atoms with Crippen molar-refractivity contribution in [3.05, 3.63) is 63.3 Å². The molecule has 2 aromatic rings. The number of aryl methyl sites for hydroxylation is 1. The van der Waals surface area contributed by atoms with E-state index in [-0.39, 0.29) is 11.3 Å². The molecule has 1 aliphatic carbocycles. The van der Waals surface area contributed by atoms with E-state index in [1.807, 2.05) is 0 Å². The van der Waals surface area contributed by atoms with Crippen LogP contribution in [0.15, 0.2) is 35.4 Å². The number of hydrogen-bond acceptors (Lipinski definition) is 4. The van der Waals surface area contributed by atoms with Gasteiger partial charge >= 0.3 is 0 Å². The van der Waals surface area contributed by atoms with E-state index in [0.717, 1.165) is 12.0 Å². The van der Waals surface area contributed by atoms with Crippen molar-refractivity contribution >= 4 is 11.7 Å². The Labute approximate surface area is 126 Å². The molecule has 1 aliphatic rings. The van der Waals surface area contributed by atoms with Crippen molar-refractivity contribution in [1.29, 1.82) is 0 Å². The third-order valence-electron chi connectivity index (χ3n) is 3.70. The molecule has 112 valence electrons. The molecule has 0 fully saturated rings. The van der Waals surface area contributed by atoms with Gasteiger partial charge in [-0.15, -0.1) is 0 Å². The minimum absolute atomic E-state index is 0.0249. The lowest BCUT2D eigenvalue weighted by atomic mass is 9.93. The number of carbonyl (C=O) groups excluding carboxylic acids is 2. The average molecular weight is 297 g/mol. The fourth-order valence-electron chi connectivity index (χ4n) is 2.52. The minimum Gasteiger partial charge on any atom is -0.348 e. The number of ketones is 1. The monoisotopic (exact) mass is 297 g/mol. The van der Waals surface area contributed by atoms with Gasteiger partial charge in [-0.25, -0.2) is 0 Å². The molecular weight excluding hydrogens is 282 g/mol. The Balaban J connectivity index is 1.82. The van der Waals surface area contributed by atoms with Crippen molar-refractivity contribution in [2.45, 2.75) is 25.8 Å². The zero-order valence-corrected chi connectivity index (χ0v) is 11.9. The fraction of sp³-hybridized carbons (Fsp3) is 0.250. The second kappa shape index (κ2) is 5.93. The Morgan fingerprint density at radius 3 is 2.77 bits per heavy atom. The summed E-state index contributed by atoms with van der Waals surface area (Å²) in [6.07, 6.45) is 5.11. The average Bonchev–Trinajstić information content (AvgIpc) is 2.53. The van der Waals surface area contributed by atoms with Crippen LogP contribution in [0.4, 0.5) is 0 Å². The van der Waals surface area contributed by atoms with E-state index in [1.54, 1.807) is 24.5 Å². The first-order valence-corrected chi connectivity index (χ1v) is 7.11. The van der Waals surface area contributed by atoms with Crippen molar-refractivity contribution in [1.82, 2.24) is 15.3 Å². The van der Waals surface area contributed by atoms with E-state index in [1.165, 1.54) is 6.07 Å². The van der Waals surface area contributed by atoms with E-state index >= 15 is 0 Å². The maximum atomic E-state index is 12.2. The molecule has 0 aliphatic heterocycles. The van der Waals surface area contributed by atoms with E-state index in [0.29, 0.717) is 30.6 Å². The van der Waals surface area contributed by atoms with E-state index in [2.05, 4.69) is 15.3 Å². The number of pyridine rings is 2. The van der Waals surface area contributed by atoms with Gasteiger partial charge in [-0.3, -0.25) is 19.4 Å². The van der Waals surface area contributed by atoms with Gasteiger partial charge in [-0.2, -0.15) is 0 Å². The quantitative estimate of drug-likeness (QED) is 0.891. The highest BCUT2D eigenvalue weighted by molar-refractivity contribution is 6.01. The number of rotatable bonds is 3. The Kier molecular flexibility index (Phi) is 3.82. The third kappa shape index (κ3) is 2.81. The Morgan fingerprint density at radius 1 is 1.23 bits per heavy atom. The van der Waals surface area contributed by atoms with Crippen LogP contribution in [0, 0.1) is 0 Å². The lowest BCUT2D eigenvalue weighted by Gasteiger charge is -2.15. The van der Waals surface area contributed by atoms with Crippen LogP contribution in [-0.2, 0) is 13.0 Å². The molecule has 2 heterocycles. The molecular formula is C16H15N3O3. The van der Waals surface area contributed by atoms with Crippen LogP contribution >= 0.6 is 0 Å². The molecule has 2 N–H and O–H groups in total. The van der Waals surface area contributed by atoms with Crippen LogP contribution in [0.25, 0.3) is 0 Å². The van der Waals surface area contributed by atoms with Gasteiger partial charge in [0.05, 0.1) is 0 Å². The number of aromatic nitrogens is 2. The number of nitrogens with zero attached hydrogens (tertiary/aromatic N) is 1. The zero-order chi connectivity index (χ0) is 15.5. The first-order valence-electron chi connectivity index (χ1n) is 7.11. The number of nitrogens with one attached hydrogen (secondary N) is 2. The fourth-order valence-corrected chi connectivity index (χ4v) is 2.52. The summed E-state index contributed by atoms with van der Waals surface area (Å²) in [6, 6.07) is 4.97. The van der Waals surface area contributed by atoms with Gasteiger partial charge in [0.2, 0.25) is 0 Å². The molecule has 0 spiro atoms. The lowest BCUT2D eigenvalue weighted by Crippen LogP contribution is -2.31. The van der Waals surface area contributed by atoms with Gasteiger partial charge in [0.25, 0.3) is 11.5 Å². The molecule has 3 rings (SSSR count). The normalized spacial score (nSPS) is 13.5. The van der Waals surface area contributed by atoms with E-state index in [9.17, 15) is 14.4 Å². The standard InChI is InChI=1S/C16H15N3O3/c20-14-3-1-2-13-11(14)8-12(16(22)19-13)15(21)18-9-10-4-6-17-7-5-10/h4-8H,1-3,9H2,(H,18,21)(H,19,22). The van der Waals surface area contributed by atoms with Crippen LogP contribution < -0.4 is 10.9 Å². The SMILES string of the molecule is O=C1CCCc2[nH]c(=O)c(C(=O)NCc3ccncc3)cc21. The summed E-state index contributed by atoms with van der Waals surface area (Å²) in [5.74, 6) is -0.514. The van der Waals surface area contributed by atoms with Gasteiger partial charge in [0, 0.05) is 36.6 Å². The predicted octanol–water partition coefficient (Wildman–Crippen LogP) is 1.22. The van der Waals surface area contributed by atoms with Crippen LogP contribution in [0.1, 0.15) is 44.8 Å². The number of fused-ring (bicyclic) bond motifs is 1. The number of hydrogen-bond donors (Lipinski definition) is 2. The maximum absolute atomic E-state index is 12.2. The smallest absolute Gasteiger partial charge is 0.261 e. The van der Waals surface area contributed by atoms with E-state index < -0.39 is 11.5 Å². The van der Waals surface area contributed by atoms with Gasteiger partial charge < -0.3 is 10.3 Å². The Hall–Kier alpha value is -2.76. The summed E-state index contributed by atoms with van der Waals surface area (Å²) < 4.78 is 0. The second-order valence-electron chi connectivity index (χ2n) is 5.22. The van der Waals surface area contributed by atoms with Gasteiger partial charge in [0.1, 0.15) is 5.56 Å². The number of amides is 1. The molecule has 22 heavy (non-hydrogen) atoms. The molecule has 0 radical (unpaired) electrons. The molecule has 6 heteroatoms. The first kappa shape index (κ1) is 14.2. The maximum Gasteiger partial charge on any atom is 0.261 e. The molecule has 0 unspecified atom stereocenters. The van der Waals surface area contributed by atoms with Crippen molar-refractivity contribution in [3.8, 4) is 0 Å². The third-order valence-corrected chi connectivity index (χ3v) is 3.70. The predicted molar refractivity (Wildman–Crippen MR) is 79.7 cm³/mol. The highest BCUT2D eigenvalue weighted by Gasteiger charge is 2.21. The van der Waals surface area contributed by atoms with Crippen LogP contribution in [-0.4, -0.2) is 21.7 Å². The molecule has 0 saturated heterocycles. The van der Waals surface area contributed by atoms with E-state index in [4.69, 9.17) is 0 Å². The second-order valence-corrected chi connectivity index (χ2v) is 5.22. The summed E-state index contributed by atoms with van der Waals surface area (Å²) in [5, 5.41) is 2.68. The molecule has 0 bridgehead atoms. The van der Waals surface area contributed by atoms with Crippen molar-refractivity contribution < 1.29 is 9.59 Å². The summed E-state index contributed by atoms with van der Waals surface area (Å²) >= 11 is 0. The number of H-pyrrole nitrogens is 1. The Morgan fingerprint density at radius 2 is 2.00 bits per heavy atom. The molecule has 0 atom stereocenters. The van der Waals surface area contributed by atoms with Crippen molar-refractivity contribution in [2.24, 2.45) is 0 Å². The van der Waals surface area contributed by atoms with Crippen LogP contribution in [0.3, 0.4) is 0 Å². The summed E-state index contributed by atoms with van der Waals surface area (Å²) in [4.78, 5) is 42.6. The van der Waals surface area contributed by atoms with Gasteiger partial charge in [-0.1, -0.05) is 0 Å². The highest BCUT2D eigenvalue weighted by atomic mass is 16.2. The van der Waals surface area contributed by atoms with Crippen molar-refractivity contribution in [2.75, 3.05) is 0 Å². The Bertz CT molecular complexity index is 781. The first-order chi connectivity index (χ1) is 10.6. The molecule has 0 saturated carbocycles. The highest BCUT2D eigenvalue weighted by Crippen LogP contribution is 2.18. The van der Waals surface area contributed by atoms with Crippen LogP contribution in [0.2, 0.25) is 0 Å². The lowest BCUT2D eigenvalue weighted by molar-refractivity contribution is 0.0949. The number of carbonyl (C=O) groups is 2. The van der Waals surface area contributed by atoms with Gasteiger partial charge in [-0.05, 0) is 36.6 Å². The number of aromatic amines is 1. The summed E-state index contributed by atoms with van der Waals surface area (Å²) in [7, 11) is 0. The summed E-state index contributed by atoms with van der Waals surface area (Å²) in [6.45, 7) is 0.297.